The Morgan fingerprint density at radius 1 is 0.926 bits per heavy atom. The van der Waals surface area contributed by atoms with Crippen LogP contribution in [0.1, 0.15) is 89.6 Å². The van der Waals surface area contributed by atoms with Crippen LogP contribution in [0.4, 0.5) is 9.59 Å². The normalized spacial score (nSPS) is 18.8. The number of carbonyl (C=O) groups is 3. The minimum atomic E-state index is -0.698. The number of alkyl carbamates (subject to hydrolysis) is 1. The molecule has 2 saturated heterocycles. The van der Waals surface area contributed by atoms with Crippen molar-refractivity contribution in [1.82, 2.24) is 35.1 Å². The molecule has 3 N–H and O–H groups in total. The Hall–Kier alpha value is -5.59. The van der Waals surface area contributed by atoms with Gasteiger partial charge in [0.1, 0.15) is 35.6 Å². The second-order valence-electron chi connectivity index (χ2n) is 15.8. The first-order chi connectivity index (χ1) is 25.9. The van der Waals surface area contributed by atoms with Crippen LogP contribution in [0.5, 0.6) is 5.75 Å². The number of hydrogen-bond acceptors (Lipinski definition) is 8. The molecular weight excluding hydrogens is 686 g/mol. The largest absolute Gasteiger partial charge is 0.488 e. The molecule has 3 amide bonds. The molecule has 13 heteroatoms. The fourth-order valence-corrected chi connectivity index (χ4v) is 8.12. The number of methoxy groups -OCH3 is 1. The number of H-pyrrole nitrogens is 2. The Kier molecular flexibility index (Phi) is 8.98. The number of benzene rings is 3. The number of amides is 3. The van der Waals surface area contributed by atoms with E-state index in [4.69, 9.17) is 24.2 Å². The van der Waals surface area contributed by atoms with Gasteiger partial charge in [-0.05, 0) is 93.3 Å². The molecule has 0 saturated carbocycles. The van der Waals surface area contributed by atoms with Crippen molar-refractivity contribution in [2.75, 3.05) is 20.2 Å². The molecule has 5 aromatic rings. The van der Waals surface area contributed by atoms with Crippen LogP contribution < -0.4 is 10.1 Å². The van der Waals surface area contributed by atoms with E-state index in [2.05, 4.69) is 51.7 Å². The van der Waals surface area contributed by atoms with Crippen molar-refractivity contribution in [3.63, 3.8) is 0 Å². The summed E-state index contributed by atoms with van der Waals surface area (Å²) in [5, 5.41) is 4.66. The third-order valence-electron chi connectivity index (χ3n) is 10.7. The van der Waals surface area contributed by atoms with Gasteiger partial charge in [-0.25, -0.2) is 19.6 Å². The quantitative estimate of drug-likeness (QED) is 0.160. The highest BCUT2D eigenvalue weighted by atomic mass is 16.6. The summed E-state index contributed by atoms with van der Waals surface area (Å²) >= 11 is 0. The number of imidazole rings is 2. The lowest BCUT2D eigenvalue weighted by molar-refractivity contribution is -0.135. The van der Waals surface area contributed by atoms with Crippen molar-refractivity contribution < 1.29 is 28.6 Å². The zero-order valence-corrected chi connectivity index (χ0v) is 31.6. The number of nitrogens with zero attached hydrogens (tertiary/aromatic N) is 4. The molecule has 5 heterocycles. The second-order valence-corrected chi connectivity index (χ2v) is 15.8. The molecule has 0 unspecified atom stereocenters. The van der Waals surface area contributed by atoms with Crippen LogP contribution in [0.2, 0.25) is 0 Å². The monoisotopic (exact) mass is 733 g/mol. The van der Waals surface area contributed by atoms with E-state index in [1.165, 1.54) is 7.11 Å². The predicted molar refractivity (Wildman–Crippen MR) is 204 cm³/mol. The number of aromatic amines is 2. The van der Waals surface area contributed by atoms with Gasteiger partial charge in [0.2, 0.25) is 5.91 Å². The smallest absolute Gasteiger partial charge is 0.410 e. The van der Waals surface area contributed by atoms with Gasteiger partial charge in [0, 0.05) is 29.4 Å². The maximum absolute atomic E-state index is 13.7. The molecule has 282 valence electrons. The van der Waals surface area contributed by atoms with Crippen molar-refractivity contribution >= 4 is 39.9 Å². The number of aromatic nitrogens is 4. The fraction of sp³-hybridized carbons (Fsp3) is 0.439. The van der Waals surface area contributed by atoms with Crippen molar-refractivity contribution in [2.24, 2.45) is 5.92 Å². The third-order valence-corrected chi connectivity index (χ3v) is 10.7. The zero-order valence-electron chi connectivity index (χ0n) is 31.6. The summed E-state index contributed by atoms with van der Waals surface area (Å²) in [6.07, 6.45) is 4.24. The van der Waals surface area contributed by atoms with Crippen LogP contribution in [0.25, 0.3) is 44.2 Å². The summed E-state index contributed by atoms with van der Waals surface area (Å²) in [7, 11) is 1.30. The van der Waals surface area contributed by atoms with E-state index in [1.54, 1.807) is 4.90 Å². The molecule has 0 radical (unpaired) electrons. The topological polar surface area (TPSA) is 155 Å². The summed E-state index contributed by atoms with van der Waals surface area (Å²) in [5.74, 6) is 2.05. The Morgan fingerprint density at radius 3 is 2.39 bits per heavy atom. The number of carbonyl (C=O) groups excluding carboxylic acids is 3. The van der Waals surface area contributed by atoms with Crippen LogP contribution in [-0.2, 0) is 20.9 Å². The Morgan fingerprint density at radius 2 is 1.65 bits per heavy atom. The molecule has 13 nitrogen and oxygen atoms in total. The molecule has 3 aliphatic rings. The number of likely N-dealkylation sites (tertiary alicyclic amines) is 2. The predicted octanol–water partition coefficient (Wildman–Crippen LogP) is 7.78. The van der Waals surface area contributed by atoms with E-state index >= 15 is 0 Å². The van der Waals surface area contributed by atoms with Gasteiger partial charge in [0.15, 0.2) is 0 Å². The zero-order chi connectivity index (χ0) is 37.9. The molecule has 0 aliphatic carbocycles. The lowest BCUT2D eigenvalue weighted by Crippen LogP contribution is -2.51. The molecule has 3 atom stereocenters. The van der Waals surface area contributed by atoms with E-state index in [9.17, 15) is 14.4 Å². The number of nitrogens with one attached hydrogen (secondary N) is 3. The maximum atomic E-state index is 13.7. The van der Waals surface area contributed by atoms with Gasteiger partial charge in [-0.2, -0.15) is 0 Å². The molecule has 3 aliphatic heterocycles. The van der Waals surface area contributed by atoms with Crippen molar-refractivity contribution in [3.8, 4) is 28.1 Å². The molecule has 2 aromatic heterocycles. The van der Waals surface area contributed by atoms with Gasteiger partial charge in [-0.15, -0.1) is 0 Å². The Labute approximate surface area is 313 Å². The average Bonchev–Trinajstić information content (AvgIpc) is 3.97. The standard InChI is InChI=1S/C41H47N7O6/c1-22(2)33(46-39(50)52-6)38(49)47-17-7-10-32(47)37-43-29-16-15-28-26(34(29)45-37)13-14-27-25-12-11-23(19-24(25)21-53-35(27)28)30-20-42-36(44-30)31-9-8-18-48(31)40(51)54-41(3,4)5/h11-16,19-20,22,31-33H,7-10,17-18,21H2,1-6H3,(H,42,44)(H,43,45)(H,46,50)/t31-,32+,33+/m1/s1. The Balaban J connectivity index is 1.05. The number of rotatable bonds is 6. The SMILES string of the molecule is COC(=O)N[C@H](C(=O)N1CCC[C@H]1c1nc2c(ccc3c4c(ccc32)-c2ccc(-c3cnc([C@H]5CCCN5C(=O)OC(C)(C)C)[nH]3)cc2CO4)[nH]1)C(C)C. The summed E-state index contributed by atoms with van der Waals surface area (Å²) in [4.78, 5) is 59.0. The second kappa shape index (κ2) is 13.7. The number of ether oxygens (including phenoxy) is 3. The average molecular weight is 734 g/mol. The van der Waals surface area contributed by atoms with Gasteiger partial charge < -0.3 is 34.4 Å². The minimum Gasteiger partial charge on any atom is -0.488 e. The molecule has 3 aromatic carbocycles. The Bertz CT molecular complexity index is 2270. The lowest BCUT2D eigenvalue weighted by Gasteiger charge is -2.29. The highest BCUT2D eigenvalue weighted by Crippen LogP contribution is 2.45. The van der Waals surface area contributed by atoms with Crippen LogP contribution in [0.15, 0.2) is 48.7 Å². The molecule has 0 bridgehead atoms. The van der Waals surface area contributed by atoms with Gasteiger partial charge in [0.25, 0.3) is 0 Å². The summed E-state index contributed by atoms with van der Waals surface area (Å²) in [5.41, 5.74) is 6.22. The number of hydrogen-bond donors (Lipinski definition) is 3. The maximum Gasteiger partial charge on any atom is 0.410 e. The van der Waals surface area contributed by atoms with Crippen molar-refractivity contribution in [1.29, 1.82) is 0 Å². The van der Waals surface area contributed by atoms with Gasteiger partial charge in [-0.3, -0.25) is 9.69 Å². The van der Waals surface area contributed by atoms with Crippen molar-refractivity contribution in [2.45, 2.75) is 90.6 Å². The number of fused-ring (bicyclic) bond motifs is 7. The van der Waals surface area contributed by atoms with Crippen LogP contribution in [-0.4, -0.2) is 79.7 Å². The van der Waals surface area contributed by atoms with E-state index in [0.717, 1.165) is 92.8 Å². The lowest BCUT2D eigenvalue weighted by atomic mass is 9.92. The third kappa shape index (κ3) is 6.39. The summed E-state index contributed by atoms with van der Waals surface area (Å²) in [6.45, 7) is 11.1. The first kappa shape index (κ1) is 35.4. The van der Waals surface area contributed by atoms with E-state index < -0.39 is 17.7 Å². The molecular formula is C41H47N7O6. The minimum absolute atomic E-state index is 0.112. The van der Waals surface area contributed by atoms with E-state index in [1.807, 2.05) is 51.8 Å². The first-order valence-electron chi connectivity index (χ1n) is 18.8. The summed E-state index contributed by atoms with van der Waals surface area (Å²) in [6, 6.07) is 13.6. The van der Waals surface area contributed by atoms with Crippen LogP contribution in [0, 0.1) is 5.92 Å². The van der Waals surface area contributed by atoms with E-state index in [-0.39, 0.29) is 30.0 Å². The molecule has 8 rings (SSSR count). The van der Waals surface area contributed by atoms with Crippen LogP contribution in [0.3, 0.4) is 0 Å². The van der Waals surface area contributed by atoms with Crippen molar-refractivity contribution in [3.05, 3.63) is 65.9 Å². The van der Waals surface area contributed by atoms with Gasteiger partial charge >= 0.3 is 12.2 Å². The molecule has 54 heavy (non-hydrogen) atoms. The first-order valence-corrected chi connectivity index (χ1v) is 18.8. The van der Waals surface area contributed by atoms with Gasteiger partial charge in [-0.1, -0.05) is 32.0 Å². The molecule has 2 fully saturated rings. The fourth-order valence-electron chi connectivity index (χ4n) is 8.12. The van der Waals surface area contributed by atoms with Gasteiger partial charge in [0.05, 0.1) is 42.1 Å². The highest BCUT2D eigenvalue weighted by Gasteiger charge is 2.38. The highest BCUT2D eigenvalue weighted by molar-refractivity contribution is 6.09. The van der Waals surface area contributed by atoms with Crippen LogP contribution >= 0.6 is 0 Å². The molecule has 0 spiro atoms. The van der Waals surface area contributed by atoms with E-state index in [0.29, 0.717) is 19.7 Å². The summed E-state index contributed by atoms with van der Waals surface area (Å²) < 4.78 is 16.9.